The van der Waals surface area contributed by atoms with E-state index < -0.39 is 29.3 Å². The minimum Gasteiger partial charge on any atom is -0.493 e. The third-order valence-electron chi connectivity index (χ3n) is 2.94. The molecule has 2 amide bonds. The first kappa shape index (κ1) is 20.7. The topological polar surface area (TPSA) is 96.9 Å². The Bertz CT molecular complexity index is 613. The second-order valence-corrected chi connectivity index (χ2v) is 5.80. The predicted molar refractivity (Wildman–Crippen MR) is 86.3 cm³/mol. The SMILES string of the molecule is COc1ccc(NC(=O)[C@H](CCSC(F)(F)F)NC(=O)O)cc1OC. The second-order valence-electron chi connectivity index (χ2n) is 4.64. The Balaban J connectivity index is 2.78. The standard InChI is InChI=1S/C14H17F3N2O5S/c1-23-10-4-3-8(7-11(10)24-2)18-12(20)9(19-13(21)22)5-6-25-14(15,16)17/h3-4,7,9,19H,5-6H2,1-2H3,(H,18,20)(H,21,22)/t9-/m0/s1. The Morgan fingerprint density at radius 2 is 1.88 bits per heavy atom. The minimum absolute atomic E-state index is 0.281. The molecule has 1 rings (SSSR count). The van der Waals surface area contributed by atoms with E-state index in [0.717, 1.165) is 0 Å². The van der Waals surface area contributed by atoms with Crippen LogP contribution in [-0.2, 0) is 4.79 Å². The normalized spacial score (nSPS) is 12.2. The van der Waals surface area contributed by atoms with Gasteiger partial charge in [-0.05, 0) is 18.6 Å². The van der Waals surface area contributed by atoms with Gasteiger partial charge in [0.25, 0.3) is 0 Å². The third-order valence-corrected chi connectivity index (χ3v) is 3.70. The van der Waals surface area contributed by atoms with Crippen molar-refractivity contribution >= 4 is 29.4 Å². The second kappa shape index (κ2) is 9.25. The van der Waals surface area contributed by atoms with Crippen molar-refractivity contribution < 1.29 is 37.3 Å². The molecule has 1 aromatic carbocycles. The van der Waals surface area contributed by atoms with Gasteiger partial charge in [-0.1, -0.05) is 11.8 Å². The lowest BCUT2D eigenvalue weighted by Gasteiger charge is -2.17. The Kier molecular flexibility index (Phi) is 7.68. The van der Waals surface area contributed by atoms with Crippen LogP contribution in [0.4, 0.5) is 23.7 Å². The smallest absolute Gasteiger partial charge is 0.441 e. The maximum absolute atomic E-state index is 12.2. The van der Waals surface area contributed by atoms with Gasteiger partial charge < -0.3 is 25.2 Å². The van der Waals surface area contributed by atoms with Crippen molar-refractivity contribution in [3.63, 3.8) is 0 Å². The van der Waals surface area contributed by atoms with Gasteiger partial charge in [-0.2, -0.15) is 13.2 Å². The zero-order chi connectivity index (χ0) is 19.0. The van der Waals surface area contributed by atoms with Gasteiger partial charge >= 0.3 is 11.6 Å². The van der Waals surface area contributed by atoms with E-state index in [1.54, 1.807) is 0 Å². The molecule has 0 aliphatic rings. The number of anilines is 1. The monoisotopic (exact) mass is 382 g/mol. The Hall–Kier alpha value is -2.30. The van der Waals surface area contributed by atoms with E-state index in [9.17, 15) is 22.8 Å². The highest BCUT2D eigenvalue weighted by atomic mass is 32.2. The lowest BCUT2D eigenvalue weighted by atomic mass is 10.2. The molecule has 0 aromatic heterocycles. The molecular formula is C14H17F3N2O5S. The number of ether oxygens (including phenoxy) is 2. The highest BCUT2D eigenvalue weighted by Gasteiger charge is 2.29. The molecule has 7 nitrogen and oxygen atoms in total. The molecule has 0 unspecified atom stereocenters. The van der Waals surface area contributed by atoms with Crippen molar-refractivity contribution in [1.29, 1.82) is 0 Å². The van der Waals surface area contributed by atoms with Gasteiger partial charge in [0.2, 0.25) is 5.91 Å². The van der Waals surface area contributed by atoms with Gasteiger partial charge in [-0.25, -0.2) is 4.79 Å². The van der Waals surface area contributed by atoms with E-state index in [1.807, 2.05) is 5.32 Å². The van der Waals surface area contributed by atoms with Crippen LogP contribution in [-0.4, -0.2) is 48.6 Å². The molecule has 140 valence electrons. The number of alkyl halides is 3. The first-order chi connectivity index (χ1) is 11.7. The zero-order valence-corrected chi connectivity index (χ0v) is 14.2. The first-order valence-corrected chi connectivity index (χ1v) is 7.88. The summed E-state index contributed by atoms with van der Waals surface area (Å²) < 4.78 is 46.6. The number of carbonyl (C=O) groups excluding carboxylic acids is 1. The van der Waals surface area contributed by atoms with E-state index in [1.165, 1.54) is 32.4 Å². The number of methoxy groups -OCH3 is 2. The molecule has 0 spiro atoms. The molecule has 0 bridgehead atoms. The number of amides is 2. The number of thioether (sulfide) groups is 1. The first-order valence-electron chi connectivity index (χ1n) is 6.89. The summed E-state index contributed by atoms with van der Waals surface area (Å²) >= 11 is -0.326. The average Bonchev–Trinajstić information content (AvgIpc) is 2.52. The van der Waals surface area contributed by atoms with Crippen LogP contribution >= 0.6 is 11.8 Å². The summed E-state index contributed by atoms with van der Waals surface area (Å²) in [5.41, 5.74) is -4.17. The van der Waals surface area contributed by atoms with Crippen LogP contribution in [0.5, 0.6) is 11.5 Å². The molecule has 0 aliphatic heterocycles. The molecule has 11 heteroatoms. The Labute approximate surface area is 145 Å². The van der Waals surface area contributed by atoms with Crippen LogP contribution < -0.4 is 20.1 Å². The van der Waals surface area contributed by atoms with E-state index in [0.29, 0.717) is 11.5 Å². The van der Waals surface area contributed by atoms with Gasteiger partial charge in [0, 0.05) is 17.5 Å². The quantitative estimate of drug-likeness (QED) is 0.640. The zero-order valence-electron chi connectivity index (χ0n) is 13.3. The van der Waals surface area contributed by atoms with Crippen molar-refractivity contribution in [3.05, 3.63) is 18.2 Å². The van der Waals surface area contributed by atoms with Gasteiger partial charge in [0.05, 0.1) is 14.2 Å². The van der Waals surface area contributed by atoms with Crippen molar-refractivity contribution in [1.82, 2.24) is 5.32 Å². The van der Waals surface area contributed by atoms with E-state index in [4.69, 9.17) is 14.6 Å². The molecule has 0 saturated heterocycles. The number of hydrogen-bond acceptors (Lipinski definition) is 5. The molecule has 0 fully saturated rings. The molecule has 0 heterocycles. The maximum atomic E-state index is 12.2. The largest absolute Gasteiger partial charge is 0.493 e. The average molecular weight is 382 g/mol. The summed E-state index contributed by atoms with van der Waals surface area (Å²) in [6.45, 7) is 0. The summed E-state index contributed by atoms with van der Waals surface area (Å²) in [7, 11) is 2.83. The van der Waals surface area contributed by atoms with Crippen molar-refractivity contribution in [2.24, 2.45) is 0 Å². The fraction of sp³-hybridized carbons (Fsp3) is 0.429. The van der Waals surface area contributed by atoms with E-state index in [2.05, 4.69) is 5.32 Å². The molecule has 1 atom stereocenters. The number of hydrogen-bond donors (Lipinski definition) is 3. The van der Waals surface area contributed by atoms with Crippen LogP contribution in [0.3, 0.4) is 0 Å². The summed E-state index contributed by atoms with van der Waals surface area (Å²) in [5, 5.41) is 13.1. The van der Waals surface area contributed by atoms with Crippen molar-refractivity contribution in [2.75, 3.05) is 25.3 Å². The van der Waals surface area contributed by atoms with Gasteiger partial charge in [-0.15, -0.1) is 0 Å². The third kappa shape index (κ3) is 7.42. The summed E-state index contributed by atoms with van der Waals surface area (Å²) in [6, 6.07) is 3.12. The van der Waals surface area contributed by atoms with E-state index >= 15 is 0 Å². The van der Waals surface area contributed by atoms with Crippen LogP contribution in [0.1, 0.15) is 6.42 Å². The molecule has 3 N–H and O–H groups in total. The Morgan fingerprint density at radius 1 is 1.24 bits per heavy atom. The fourth-order valence-electron chi connectivity index (χ4n) is 1.85. The van der Waals surface area contributed by atoms with Crippen LogP contribution in [0.2, 0.25) is 0 Å². The number of carboxylic acid groups (broad SMARTS) is 1. The number of rotatable bonds is 8. The fourth-order valence-corrected chi connectivity index (χ4v) is 2.44. The van der Waals surface area contributed by atoms with Crippen LogP contribution in [0, 0.1) is 0 Å². The van der Waals surface area contributed by atoms with Gasteiger partial charge in [0.15, 0.2) is 11.5 Å². The number of nitrogens with one attached hydrogen (secondary N) is 2. The lowest BCUT2D eigenvalue weighted by molar-refractivity contribution is -0.118. The van der Waals surface area contributed by atoms with Gasteiger partial charge in [0.1, 0.15) is 6.04 Å². The molecule has 0 aliphatic carbocycles. The van der Waals surface area contributed by atoms with Gasteiger partial charge in [-0.3, -0.25) is 4.79 Å². The highest BCUT2D eigenvalue weighted by molar-refractivity contribution is 8.00. The molecule has 0 radical (unpaired) electrons. The lowest BCUT2D eigenvalue weighted by Crippen LogP contribution is -2.43. The van der Waals surface area contributed by atoms with Crippen molar-refractivity contribution in [3.8, 4) is 11.5 Å². The summed E-state index contributed by atoms with van der Waals surface area (Å²) in [5.74, 6) is -0.497. The molecule has 0 saturated carbocycles. The number of halogens is 3. The molecular weight excluding hydrogens is 365 g/mol. The van der Waals surface area contributed by atoms with E-state index in [-0.39, 0.29) is 23.9 Å². The molecule has 1 aromatic rings. The predicted octanol–water partition coefficient (Wildman–Crippen LogP) is 2.92. The molecule has 25 heavy (non-hydrogen) atoms. The number of carbonyl (C=O) groups is 2. The summed E-state index contributed by atoms with van der Waals surface area (Å²) in [4.78, 5) is 22.9. The highest BCUT2D eigenvalue weighted by Crippen LogP contribution is 2.31. The van der Waals surface area contributed by atoms with Crippen molar-refractivity contribution in [2.45, 2.75) is 18.0 Å². The van der Waals surface area contributed by atoms with Crippen LogP contribution in [0.25, 0.3) is 0 Å². The maximum Gasteiger partial charge on any atom is 0.441 e. The Morgan fingerprint density at radius 3 is 2.40 bits per heavy atom. The summed E-state index contributed by atoms with van der Waals surface area (Å²) in [6.07, 6.45) is -1.83. The number of benzene rings is 1. The van der Waals surface area contributed by atoms with Crippen LogP contribution in [0.15, 0.2) is 18.2 Å². The minimum atomic E-state index is -4.45.